The number of ether oxygens (including phenoxy) is 1. The highest BCUT2D eigenvalue weighted by atomic mass is 16.5. The molecule has 0 atom stereocenters. The molecule has 1 aromatic heterocycles. The summed E-state index contributed by atoms with van der Waals surface area (Å²) in [4.78, 5) is 18.2. The van der Waals surface area contributed by atoms with Crippen LogP contribution >= 0.6 is 0 Å². The monoisotopic (exact) mass is 219 g/mol. The standard InChI is InChI=1S/C11H13N3O2/c1-2-16-11(15)6-12-8-3-4-9-10(5-8)14-7-13-9/h3-5,7,12H,2,6H2,1H3,(H,13,14). The number of carbonyl (C=O) groups excluding carboxylic acids is 1. The minimum Gasteiger partial charge on any atom is -0.465 e. The fraction of sp³-hybridized carbons (Fsp3) is 0.273. The van der Waals surface area contributed by atoms with Gasteiger partial charge in [0.2, 0.25) is 0 Å². The molecule has 0 aliphatic carbocycles. The van der Waals surface area contributed by atoms with Gasteiger partial charge in [0.15, 0.2) is 0 Å². The summed E-state index contributed by atoms with van der Waals surface area (Å²) in [6.07, 6.45) is 1.64. The summed E-state index contributed by atoms with van der Waals surface area (Å²) in [7, 11) is 0. The average molecular weight is 219 g/mol. The van der Waals surface area contributed by atoms with E-state index in [1.165, 1.54) is 0 Å². The summed E-state index contributed by atoms with van der Waals surface area (Å²) in [6, 6.07) is 5.67. The molecule has 0 amide bonds. The summed E-state index contributed by atoms with van der Waals surface area (Å²) in [5.74, 6) is -0.257. The lowest BCUT2D eigenvalue weighted by atomic mass is 10.3. The topological polar surface area (TPSA) is 67.0 Å². The molecule has 2 rings (SSSR count). The molecule has 1 heterocycles. The zero-order chi connectivity index (χ0) is 11.4. The van der Waals surface area contributed by atoms with Crippen LogP contribution in [0.3, 0.4) is 0 Å². The van der Waals surface area contributed by atoms with E-state index in [4.69, 9.17) is 4.74 Å². The lowest BCUT2D eigenvalue weighted by Crippen LogP contribution is -2.16. The molecule has 0 spiro atoms. The molecule has 0 bridgehead atoms. The SMILES string of the molecule is CCOC(=O)CNc1ccc2nc[nH]c2c1. The van der Waals surface area contributed by atoms with Crippen molar-refractivity contribution in [3.8, 4) is 0 Å². The van der Waals surface area contributed by atoms with Crippen molar-refractivity contribution in [2.24, 2.45) is 0 Å². The number of benzene rings is 1. The number of esters is 1. The zero-order valence-corrected chi connectivity index (χ0v) is 8.99. The zero-order valence-electron chi connectivity index (χ0n) is 8.99. The Morgan fingerprint density at radius 1 is 1.56 bits per heavy atom. The van der Waals surface area contributed by atoms with Crippen LogP contribution in [-0.4, -0.2) is 29.1 Å². The number of aromatic nitrogens is 2. The number of hydrogen-bond donors (Lipinski definition) is 2. The number of aromatic amines is 1. The summed E-state index contributed by atoms with van der Waals surface area (Å²) in [6.45, 7) is 2.36. The Morgan fingerprint density at radius 2 is 2.44 bits per heavy atom. The minimum atomic E-state index is -0.257. The van der Waals surface area contributed by atoms with E-state index in [0.717, 1.165) is 16.7 Å². The van der Waals surface area contributed by atoms with Gasteiger partial charge in [-0.25, -0.2) is 4.98 Å². The number of rotatable bonds is 4. The first-order valence-electron chi connectivity index (χ1n) is 5.12. The van der Waals surface area contributed by atoms with Crippen LogP contribution in [0.2, 0.25) is 0 Å². The Hall–Kier alpha value is -2.04. The maximum Gasteiger partial charge on any atom is 0.325 e. The molecule has 0 saturated carbocycles. The molecular weight excluding hydrogens is 206 g/mol. The van der Waals surface area contributed by atoms with E-state index in [9.17, 15) is 4.79 Å². The Kier molecular flexibility index (Phi) is 3.05. The van der Waals surface area contributed by atoms with Gasteiger partial charge < -0.3 is 15.0 Å². The molecule has 16 heavy (non-hydrogen) atoms. The van der Waals surface area contributed by atoms with Crippen molar-refractivity contribution in [1.29, 1.82) is 0 Å². The third-order valence-corrected chi connectivity index (χ3v) is 2.16. The van der Waals surface area contributed by atoms with Gasteiger partial charge in [-0.1, -0.05) is 0 Å². The lowest BCUT2D eigenvalue weighted by Gasteiger charge is -2.05. The van der Waals surface area contributed by atoms with Crippen molar-refractivity contribution in [2.45, 2.75) is 6.92 Å². The van der Waals surface area contributed by atoms with Crippen LogP contribution in [0.5, 0.6) is 0 Å². The third kappa shape index (κ3) is 2.31. The van der Waals surface area contributed by atoms with Crippen LogP contribution in [-0.2, 0) is 9.53 Å². The normalized spacial score (nSPS) is 10.3. The molecule has 0 fully saturated rings. The molecular formula is C11H13N3O2. The Balaban J connectivity index is 2.01. The summed E-state index contributed by atoms with van der Waals surface area (Å²) in [5.41, 5.74) is 2.71. The third-order valence-electron chi connectivity index (χ3n) is 2.16. The second-order valence-corrected chi connectivity index (χ2v) is 3.29. The summed E-state index contributed by atoms with van der Waals surface area (Å²) >= 11 is 0. The first kappa shape index (κ1) is 10.5. The maximum atomic E-state index is 11.1. The molecule has 2 N–H and O–H groups in total. The van der Waals surface area contributed by atoms with Gasteiger partial charge in [-0.2, -0.15) is 0 Å². The van der Waals surface area contributed by atoms with Crippen LogP contribution in [0.15, 0.2) is 24.5 Å². The van der Waals surface area contributed by atoms with Crippen molar-refractivity contribution >= 4 is 22.7 Å². The number of hydrogen-bond acceptors (Lipinski definition) is 4. The van der Waals surface area contributed by atoms with Gasteiger partial charge in [0.25, 0.3) is 0 Å². The first-order valence-corrected chi connectivity index (χ1v) is 5.12. The van der Waals surface area contributed by atoms with E-state index >= 15 is 0 Å². The van der Waals surface area contributed by atoms with E-state index in [2.05, 4.69) is 15.3 Å². The molecule has 0 aliphatic heterocycles. The van der Waals surface area contributed by atoms with Crippen molar-refractivity contribution in [2.75, 3.05) is 18.5 Å². The van der Waals surface area contributed by atoms with E-state index in [1.807, 2.05) is 18.2 Å². The molecule has 5 nitrogen and oxygen atoms in total. The quantitative estimate of drug-likeness (QED) is 0.765. The van der Waals surface area contributed by atoms with Gasteiger partial charge in [0.1, 0.15) is 6.54 Å². The van der Waals surface area contributed by atoms with Gasteiger partial charge >= 0.3 is 5.97 Å². The van der Waals surface area contributed by atoms with Gasteiger partial charge in [-0.3, -0.25) is 4.79 Å². The van der Waals surface area contributed by atoms with Gasteiger partial charge in [0.05, 0.1) is 24.0 Å². The van der Waals surface area contributed by atoms with E-state index in [1.54, 1.807) is 13.3 Å². The Labute approximate surface area is 92.8 Å². The number of H-pyrrole nitrogens is 1. The lowest BCUT2D eigenvalue weighted by molar-refractivity contribution is -0.140. The van der Waals surface area contributed by atoms with E-state index in [-0.39, 0.29) is 12.5 Å². The highest BCUT2D eigenvalue weighted by Gasteiger charge is 2.02. The summed E-state index contributed by atoms with van der Waals surface area (Å²) < 4.78 is 4.81. The second kappa shape index (κ2) is 4.65. The Bertz CT molecular complexity index is 493. The van der Waals surface area contributed by atoms with E-state index in [0.29, 0.717) is 6.61 Å². The number of nitrogens with one attached hydrogen (secondary N) is 2. The number of imidazole rings is 1. The van der Waals surface area contributed by atoms with Gasteiger partial charge in [-0.05, 0) is 25.1 Å². The molecule has 0 aliphatic rings. The van der Waals surface area contributed by atoms with Crippen LogP contribution in [0.4, 0.5) is 5.69 Å². The predicted molar refractivity (Wildman–Crippen MR) is 61.2 cm³/mol. The van der Waals surface area contributed by atoms with Crippen LogP contribution in [0.1, 0.15) is 6.92 Å². The van der Waals surface area contributed by atoms with Gasteiger partial charge in [0, 0.05) is 5.69 Å². The van der Waals surface area contributed by atoms with Crippen molar-refractivity contribution in [3.63, 3.8) is 0 Å². The van der Waals surface area contributed by atoms with Gasteiger partial charge in [-0.15, -0.1) is 0 Å². The van der Waals surface area contributed by atoms with Crippen molar-refractivity contribution < 1.29 is 9.53 Å². The molecule has 0 unspecified atom stereocenters. The van der Waals surface area contributed by atoms with Crippen LogP contribution in [0.25, 0.3) is 11.0 Å². The fourth-order valence-corrected chi connectivity index (χ4v) is 1.43. The van der Waals surface area contributed by atoms with Crippen LogP contribution in [0, 0.1) is 0 Å². The predicted octanol–water partition coefficient (Wildman–Crippen LogP) is 1.54. The molecule has 2 aromatic rings. The van der Waals surface area contributed by atoms with Crippen molar-refractivity contribution in [3.05, 3.63) is 24.5 Å². The average Bonchev–Trinajstić information content (AvgIpc) is 2.74. The Morgan fingerprint density at radius 3 is 3.25 bits per heavy atom. The number of fused-ring (bicyclic) bond motifs is 1. The molecule has 0 saturated heterocycles. The molecule has 5 heteroatoms. The van der Waals surface area contributed by atoms with E-state index < -0.39 is 0 Å². The second-order valence-electron chi connectivity index (χ2n) is 3.29. The largest absolute Gasteiger partial charge is 0.465 e. The maximum absolute atomic E-state index is 11.1. The molecule has 1 aromatic carbocycles. The highest BCUT2D eigenvalue weighted by molar-refractivity contribution is 5.80. The first-order chi connectivity index (χ1) is 7.79. The summed E-state index contributed by atoms with van der Waals surface area (Å²) in [5, 5.41) is 2.99. The fourth-order valence-electron chi connectivity index (χ4n) is 1.43. The highest BCUT2D eigenvalue weighted by Crippen LogP contribution is 2.15. The smallest absolute Gasteiger partial charge is 0.325 e. The molecule has 84 valence electrons. The minimum absolute atomic E-state index is 0.174. The molecule has 0 radical (unpaired) electrons. The number of nitrogens with zero attached hydrogens (tertiary/aromatic N) is 1. The number of anilines is 1. The number of carbonyl (C=O) groups is 1. The van der Waals surface area contributed by atoms with Crippen LogP contribution < -0.4 is 5.32 Å². The van der Waals surface area contributed by atoms with Crippen molar-refractivity contribution in [1.82, 2.24) is 9.97 Å².